The summed E-state index contributed by atoms with van der Waals surface area (Å²) >= 11 is 6.08. The molecule has 0 radical (unpaired) electrons. The monoisotopic (exact) mass is 418 g/mol. The van der Waals surface area contributed by atoms with Crippen LogP contribution in [0.3, 0.4) is 0 Å². The molecule has 28 heavy (non-hydrogen) atoms. The number of carbonyl (C=O) groups is 1. The molecule has 8 heteroatoms. The highest BCUT2D eigenvalue weighted by molar-refractivity contribution is 7.89. The number of halogens is 1. The van der Waals surface area contributed by atoms with Gasteiger partial charge in [0.05, 0.1) is 11.1 Å². The lowest BCUT2D eigenvalue weighted by Crippen LogP contribution is -2.32. The minimum absolute atomic E-state index is 0.0331. The van der Waals surface area contributed by atoms with E-state index in [0.717, 1.165) is 12.8 Å². The Balaban J connectivity index is 1.77. The minimum atomic E-state index is -3.89. The van der Waals surface area contributed by atoms with Crippen molar-refractivity contribution in [2.45, 2.75) is 23.8 Å². The van der Waals surface area contributed by atoms with E-state index in [9.17, 15) is 13.2 Å². The van der Waals surface area contributed by atoms with Crippen molar-refractivity contribution in [2.24, 2.45) is 0 Å². The SMILES string of the molecule is C#Cc1cccc(NC(=O)c2ccc(Cl)c(S(=O)(=O)NCC3CCCO3)c2)c1. The molecule has 1 fully saturated rings. The fourth-order valence-electron chi connectivity index (χ4n) is 2.83. The summed E-state index contributed by atoms with van der Waals surface area (Å²) in [7, 11) is -3.89. The number of anilines is 1. The molecule has 1 aliphatic rings. The van der Waals surface area contributed by atoms with Crippen LogP contribution in [0.25, 0.3) is 0 Å². The Labute approximate surface area is 169 Å². The molecular formula is C20H19ClN2O4S. The van der Waals surface area contributed by atoms with Crippen molar-refractivity contribution in [1.82, 2.24) is 4.72 Å². The molecule has 2 aromatic rings. The van der Waals surface area contributed by atoms with Gasteiger partial charge in [0.2, 0.25) is 10.0 Å². The van der Waals surface area contributed by atoms with E-state index in [2.05, 4.69) is 16.0 Å². The van der Waals surface area contributed by atoms with E-state index in [4.69, 9.17) is 22.8 Å². The quantitative estimate of drug-likeness (QED) is 0.706. The fourth-order valence-corrected chi connectivity index (χ4v) is 4.42. The molecule has 1 amide bonds. The number of benzene rings is 2. The van der Waals surface area contributed by atoms with Crippen molar-refractivity contribution in [1.29, 1.82) is 0 Å². The maximum Gasteiger partial charge on any atom is 0.255 e. The van der Waals surface area contributed by atoms with Gasteiger partial charge in [0.15, 0.2) is 0 Å². The second-order valence-corrected chi connectivity index (χ2v) is 8.45. The average molecular weight is 419 g/mol. The van der Waals surface area contributed by atoms with Crippen molar-refractivity contribution in [3.63, 3.8) is 0 Å². The lowest BCUT2D eigenvalue weighted by Gasteiger charge is -2.13. The summed E-state index contributed by atoms with van der Waals surface area (Å²) in [6.07, 6.45) is 6.92. The normalized spacial score (nSPS) is 16.5. The van der Waals surface area contributed by atoms with E-state index in [1.807, 2.05) is 0 Å². The van der Waals surface area contributed by atoms with E-state index in [1.165, 1.54) is 18.2 Å². The zero-order valence-electron chi connectivity index (χ0n) is 14.9. The first-order chi connectivity index (χ1) is 13.4. The zero-order chi connectivity index (χ0) is 20.1. The molecule has 0 aromatic heterocycles. The Bertz CT molecular complexity index is 1020. The number of sulfonamides is 1. The maximum atomic E-state index is 12.6. The number of hydrogen-bond acceptors (Lipinski definition) is 4. The Hall–Kier alpha value is -2.37. The molecule has 1 unspecified atom stereocenters. The number of carbonyl (C=O) groups excluding carboxylic acids is 1. The summed E-state index contributed by atoms with van der Waals surface area (Å²) in [5, 5.41) is 2.73. The van der Waals surface area contributed by atoms with Crippen LogP contribution in [-0.2, 0) is 14.8 Å². The Kier molecular flexibility index (Phi) is 6.37. The lowest BCUT2D eigenvalue weighted by atomic mass is 10.2. The van der Waals surface area contributed by atoms with Crippen LogP contribution in [0.15, 0.2) is 47.4 Å². The van der Waals surface area contributed by atoms with Crippen LogP contribution in [0.1, 0.15) is 28.8 Å². The molecule has 146 valence electrons. The Morgan fingerprint density at radius 2 is 2.11 bits per heavy atom. The predicted octanol–water partition coefficient (Wildman–Crippen LogP) is 3.03. The van der Waals surface area contributed by atoms with Crippen molar-refractivity contribution in [3.05, 3.63) is 58.6 Å². The molecule has 1 saturated heterocycles. The number of nitrogens with one attached hydrogen (secondary N) is 2. The van der Waals surface area contributed by atoms with Crippen molar-refractivity contribution in [2.75, 3.05) is 18.5 Å². The van der Waals surface area contributed by atoms with E-state index in [-0.39, 0.29) is 28.1 Å². The third kappa shape index (κ3) is 4.91. The molecule has 1 atom stereocenters. The zero-order valence-corrected chi connectivity index (χ0v) is 16.5. The smallest absolute Gasteiger partial charge is 0.255 e. The molecule has 2 N–H and O–H groups in total. The van der Waals surface area contributed by atoms with Crippen LogP contribution in [0.2, 0.25) is 5.02 Å². The average Bonchev–Trinajstić information content (AvgIpc) is 3.20. The summed E-state index contributed by atoms with van der Waals surface area (Å²) in [6, 6.07) is 10.9. The molecule has 1 aliphatic heterocycles. The van der Waals surface area contributed by atoms with Crippen LogP contribution in [0.5, 0.6) is 0 Å². The van der Waals surface area contributed by atoms with Crippen LogP contribution < -0.4 is 10.0 Å². The van der Waals surface area contributed by atoms with E-state index >= 15 is 0 Å². The van der Waals surface area contributed by atoms with Crippen LogP contribution in [0, 0.1) is 12.3 Å². The number of rotatable bonds is 6. The number of hydrogen-bond donors (Lipinski definition) is 2. The summed E-state index contributed by atoms with van der Waals surface area (Å²) in [6.45, 7) is 0.789. The van der Waals surface area contributed by atoms with Crippen LogP contribution >= 0.6 is 11.6 Å². The summed E-state index contributed by atoms with van der Waals surface area (Å²) in [4.78, 5) is 12.4. The van der Waals surface area contributed by atoms with Gasteiger partial charge in [-0.1, -0.05) is 23.6 Å². The second kappa shape index (κ2) is 8.76. The number of ether oxygens (including phenoxy) is 1. The Morgan fingerprint density at radius 3 is 2.82 bits per heavy atom. The second-order valence-electron chi connectivity index (χ2n) is 6.31. The van der Waals surface area contributed by atoms with Gasteiger partial charge in [-0.3, -0.25) is 4.79 Å². The van der Waals surface area contributed by atoms with Gasteiger partial charge in [-0.2, -0.15) is 0 Å². The molecule has 1 heterocycles. The molecule has 6 nitrogen and oxygen atoms in total. The van der Waals surface area contributed by atoms with Crippen molar-refractivity contribution < 1.29 is 17.9 Å². The third-order valence-corrected chi connectivity index (χ3v) is 6.20. The van der Waals surface area contributed by atoms with Gasteiger partial charge in [-0.25, -0.2) is 13.1 Å². The van der Waals surface area contributed by atoms with Gasteiger partial charge in [0, 0.05) is 30.0 Å². The van der Waals surface area contributed by atoms with E-state index < -0.39 is 15.9 Å². The molecule has 3 rings (SSSR count). The summed E-state index contributed by atoms with van der Waals surface area (Å²) in [5.41, 5.74) is 1.29. The maximum absolute atomic E-state index is 12.6. The highest BCUT2D eigenvalue weighted by Crippen LogP contribution is 2.24. The number of terminal acetylenes is 1. The summed E-state index contributed by atoms with van der Waals surface area (Å²) < 4.78 is 33.2. The van der Waals surface area contributed by atoms with Crippen LogP contribution in [0.4, 0.5) is 5.69 Å². The van der Waals surface area contributed by atoms with Crippen molar-refractivity contribution in [3.8, 4) is 12.3 Å². The molecular weight excluding hydrogens is 400 g/mol. The first kappa shape index (κ1) is 20.4. The van der Waals surface area contributed by atoms with Gasteiger partial charge >= 0.3 is 0 Å². The largest absolute Gasteiger partial charge is 0.377 e. The Morgan fingerprint density at radius 1 is 1.29 bits per heavy atom. The fraction of sp³-hybridized carbons (Fsp3) is 0.250. The molecule has 0 aliphatic carbocycles. The first-order valence-corrected chi connectivity index (χ1v) is 10.5. The molecule has 2 aromatic carbocycles. The molecule has 0 spiro atoms. The van der Waals surface area contributed by atoms with Gasteiger partial charge < -0.3 is 10.1 Å². The number of amides is 1. The van der Waals surface area contributed by atoms with Gasteiger partial charge in [-0.15, -0.1) is 6.42 Å². The highest BCUT2D eigenvalue weighted by Gasteiger charge is 2.23. The van der Waals surface area contributed by atoms with E-state index in [0.29, 0.717) is 17.9 Å². The topological polar surface area (TPSA) is 84.5 Å². The minimum Gasteiger partial charge on any atom is -0.377 e. The summed E-state index contributed by atoms with van der Waals surface area (Å²) in [5.74, 6) is 2.02. The molecule has 0 bridgehead atoms. The van der Waals surface area contributed by atoms with Gasteiger partial charge in [0.25, 0.3) is 5.91 Å². The standard InChI is InChI=1S/C20H19ClN2O4S/c1-2-14-5-3-6-16(11-14)23-20(24)15-8-9-18(21)19(12-15)28(25,26)22-13-17-7-4-10-27-17/h1,3,5-6,8-9,11-12,17,22H,4,7,10,13H2,(H,23,24). The van der Waals surface area contributed by atoms with Gasteiger partial charge in [-0.05, 0) is 49.2 Å². The third-order valence-electron chi connectivity index (χ3n) is 4.30. The highest BCUT2D eigenvalue weighted by atomic mass is 35.5. The molecule has 0 saturated carbocycles. The predicted molar refractivity (Wildman–Crippen MR) is 108 cm³/mol. The van der Waals surface area contributed by atoms with Crippen molar-refractivity contribution >= 4 is 33.2 Å². The van der Waals surface area contributed by atoms with Crippen LogP contribution in [-0.4, -0.2) is 33.6 Å². The first-order valence-electron chi connectivity index (χ1n) is 8.68. The van der Waals surface area contributed by atoms with Gasteiger partial charge in [0.1, 0.15) is 4.90 Å². The van der Waals surface area contributed by atoms with E-state index in [1.54, 1.807) is 24.3 Å². The lowest BCUT2D eigenvalue weighted by molar-refractivity contribution is 0.102.